The summed E-state index contributed by atoms with van der Waals surface area (Å²) in [6, 6.07) is 2.16. The van der Waals surface area contributed by atoms with Gasteiger partial charge in [-0.15, -0.1) is 0 Å². The quantitative estimate of drug-likeness (QED) is 0.608. The molecule has 1 aromatic carbocycles. The van der Waals surface area contributed by atoms with Crippen LogP contribution >= 0.6 is 0 Å². The third-order valence-corrected chi connectivity index (χ3v) is 4.24. The van der Waals surface area contributed by atoms with E-state index in [0.717, 1.165) is 19.2 Å². The Balaban J connectivity index is 3.08. The molecule has 0 saturated heterocycles. The number of rotatable bonds is 6. The van der Waals surface area contributed by atoms with Crippen LogP contribution in [0.2, 0.25) is 0 Å². The lowest BCUT2D eigenvalue weighted by atomic mass is 10.1. The molecule has 1 unspecified atom stereocenters. The van der Waals surface area contributed by atoms with Gasteiger partial charge >= 0.3 is 5.97 Å². The van der Waals surface area contributed by atoms with E-state index in [-0.39, 0.29) is 18.0 Å². The van der Waals surface area contributed by atoms with Crippen molar-refractivity contribution in [3.8, 4) is 0 Å². The Morgan fingerprint density at radius 3 is 2.52 bits per heavy atom. The third-order valence-electron chi connectivity index (χ3n) is 2.74. The van der Waals surface area contributed by atoms with Gasteiger partial charge in [-0.2, -0.15) is 4.72 Å². The number of carbonyl (C=O) groups excluding carboxylic acids is 1. The van der Waals surface area contributed by atoms with Crippen LogP contribution in [0.15, 0.2) is 23.1 Å². The number of hydrogen-bond acceptors (Lipinski definition) is 5. The minimum Gasteiger partial charge on any atom is -0.468 e. The summed E-state index contributed by atoms with van der Waals surface area (Å²) < 4.78 is 44.8. The molecular weight excluding hydrogens is 299 g/mol. The van der Waals surface area contributed by atoms with Gasteiger partial charge < -0.3 is 10.5 Å². The third kappa shape index (κ3) is 4.68. The van der Waals surface area contributed by atoms with Gasteiger partial charge in [0.05, 0.1) is 7.11 Å². The van der Waals surface area contributed by atoms with Gasteiger partial charge in [-0.05, 0) is 30.5 Å². The SMILES string of the molecule is COC(=O)C(CC(C)C)NS(=O)(=O)c1ccc(N)cc1F. The number of nitrogens with one attached hydrogen (secondary N) is 1. The molecule has 1 atom stereocenters. The molecule has 0 aromatic heterocycles. The van der Waals surface area contributed by atoms with Crippen molar-refractivity contribution >= 4 is 21.7 Å². The number of nitrogen functional groups attached to an aromatic ring is 1. The molecule has 0 aliphatic carbocycles. The average Bonchev–Trinajstić information content (AvgIpc) is 2.35. The van der Waals surface area contributed by atoms with Crippen LogP contribution in [0.25, 0.3) is 0 Å². The van der Waals surface area contributed by atoms with Crippen LogP contribution in [-0.4, -0.2) is 27.5 Å². The summed E-state index contributed by atoms with van der Waals surface area (Å²) in [7, 11) is -3.03. The van der Waals surface area contributed by atoms with E-state index in [1.165, 1.54) is 6.07 Å². The molecule has 8 heteroatoms. The van der Waals surface area contributed by atoms with Crippen molar-refractivity contribution in [2.45, 2.75) is 31.2 Å². The molecule has 0 amide bonds. The smallest absolute Gasteiger partial charge is 0.323 e. The summed E-state index contributed by atoms with van der Waals surface area (Å²) in [5.74, 6) is -1.65. The Morgan fingerprint density at radius 2 is 2.05 bits per heavy atom. The number of halogens is 1. The predicted octanol–water partition coefficient (Wildman–Crippen LogP) is 1.27. The highest BCUT2D eigenvalue weighted by atomic mass is 32.2. The van der Waals surface area contributed by atoms with E-state index in [9.17, 15) is 17.6 Å². The molecule has 0 fully saturated rings. The lowest BCUT2D eigenvalue weighted by molar-refractivity contribution is -0.143. The number of anilines is 1. The highest BCUT2D eigenvalue weighted by Crippen LogP contribution is 2.18. The zero-order valence-electron chi connectivity index (χ0n) is 12.1. The van der Waals surface area contributed by atoms with Gasteiger partial charge in [-0.1, -0.05) is 13.8 Å². The Hall–Kier alpha value is -1.67. The number of carbonyl (C=O) groups is 1. The number of ether oxygens (including phenoxy) is 1. The molecule has 6 nitrogen and oxygen atoms in total. The van der Waals surface area contributed by atoms with Crippen molar-refractivity contribution in [2.24, 2.45) is 5.92 Å². The van der Waals surface area contributed by atoms with Gasteiger partial charge in [-0.3, -0.25) is 4.79 Å². The van der Waals surface area contributed by atoms with Gasteiger partial charge in [0.15, 0.2) is 0 Å². The molecule has 0 bridgehead atoms. The first-order valence-corrected chi connectivity index (χ1v) is 7.81. The second kappa shape index (κ2) is 6.86. The Kier molecular flexibility index (Phi) is 5.68. The predicted molar refractivity (Wildman–Crippen MR) is 76.4 cm³/mol. The fraction of sp³-hybridized carbons (Fsp3) is 0.462. The number of esters is 1. The molecule has 0 heterocycles. The van der Waals surface area contributed by atoms with Gasteiger partial charge in [-0.25, -0.2) is 12.8 Å². The topological polar surface area (TPSA) is 98.5 Å². The van der Waals surface area contributed by atoms with Crippen molar-refractivity contribution < 1.29 is 22.3 Å². The molecule has 21 heavy (non-hydrogen) atoms. The van der Waals surface area contributed by atoms with Crippen molar-refractivity contribution in [3.63, 3.8) is 0 Å². The lowest BCUT2D eigenvalue weighted by Crippen LogP contribution is -2.42. The van der Waals surface area contributed by atoms with Gasteiger partial charge in [0.2, 0.25) is 10.0 Å². The highest BCUT2D eigenvalue weighted by molar-refractivity contribution is 7.89. The minimum atomic E-state index is -4.19. The van der Waals surface area contributed by atoms with E-state index in [2.05, 4.69) is 9.46 Å². The van der Waals surface area contributed by atoms with Crippen LogP contribution in [0.5, 0.6) is 0 Å². The maximum atomic E-state index is 13.7. The van der Waals surface area contributed by atoms with Gasteiger partial charge in [0.25, 0.3) is 0 Å². The maximum absolute atomic E-state index is 13.7. The molecule has 0 radical (unpaired) electrons. The molecule has 3 N–H and O–H groups in total. The van der Waals surface area contributed by atoms with Gasteiger partial charge in [0, 0.05) is 5.69 Å². The van der Waals surface area contributed by atoms with Crippen molar-refractivity contribution in [2.75, 3.05) is 12.8 Å². The monoisotopic (exact) mass is 318 g/mol. The summed E-state index contributed by atoms with van der Waals surface area (Å²) in [5, 5.41) is 0. The van der Waals surface area contributed by atoms with E-state index < -0.39 is 32.7 Å². The minimum absolute atomic E-state index is 0.0491. The first-order valence-electron chi connectivity index (χ1n) is 6.32. The first-order chi connectivity index (χ1) is 9.67. The highest BCUT2D eigenvalue weighted by Gasteiger charge is 2.28. The Labute approximate surface area is 123 Å². The Morgan fingerprint density at radius 1 is 1.43 bits per heavy atom. The Bertz CT molecular complexity index is 617. The maximum Gasteiger partial charge on any atom is 0.323 e. The molecule has 0 saturated carbocycles. The van der Waals surface area contributed by atoms with Crippen LogP contribution in [0.1, 0.15) is 20.3 Å². The fourth-order valence-electron chi connectivity index (χ4n) is 1.79. The second-order valence-electron chi connectivity index (χ2n) is 5.02. The van der Waals surface area contributed by atoms with Crippen LogP contribution in [-0.2, 0) is 19.6 Å². The molecule has 0 aliphatic heterocycles. The molecule has 1 aromatic rings. The van der Waals surface area contributed by atoms with Crippen LogP contribution in [0.3, 0.4) is 0 Å². The standard InChI is InChI=1S/C13H19FN2O4S/c1-8(2)6-11(13(17)20-3)16-21(18,19)12-5-4-9(15)7-10(12)14/h4-5,7-8,11,16H,6,15H2,1-3H3. The molecular formula is C13H19FN2O4S. The summed E-state index contributed by atoms with van der Waals surface area (Å²) in [4.78, 5) is 11.1. The van der Waals surface area contributed by atoms with Crippen molar-refractivity contribution in [1.82, 2.24) is 4.72 Å². The molecule has 118 valence electrons. The number of sulfonamides is 1. The fourth-order valence-corrected chi connectivity index (χ4v) is 3.05. The number of hydrogen-bond donors (Lipinski definition) is 2. The first kappa shape index (κ1) is 17.4. The number of methoxy groups -OCH3 is 1. The average molecular weight is 318 g/mol. The molecule has 0 aliphatic rings. The van der Waals surface area contributed by atoms with Crippen molar-refractivity contribution in [3.05, 3.63) is 24.0 Å². The second-order valence-corrected chi connectivity index (χ2v) is 6.70. The number of benzene rings is 1. The van der Waals surface area contributed by atoms with Crippen LogP contribution in [0, 0.1) is 11.7 Å². The zero-order chi connectivity index (χ0) is 16.2. The number of nitrogens with two attached hydrogens (primary N) is 1. The zero-order valence-corrected chi connectivity index (χ0v) is 12.9. The summed E-state index contributed by atoms with van der Waals surface area (Å²) in [5.41, 5.74) is 5.49. The van der Waals surface area contributed by atoms with Crippen LogP contribution < -0.4 is 10.5 Å². The normalized spacial score (nSPS) is 13.2. The lowest BCUT2D eigenvalue weighted by Gasteiger charge is -2.18. The van der Waals surface area contributed by atoms with E-state index in [0.29, 0.717) is 0 Å². The summed E-state index contributed by atoms with van der Waals surface area (Å²) in [6.45, 7) is 3.65. The largest absolute Gasteiger partial charge is 0.468 e. The van der Waals surface area contributed by atoms with Crippen molar-refractivity contribution in [1.29, 1.82) is 0 Å². The molecule has 0 spiro atoms. The van der Waals surface area contributed by atoms with E-state index in [4.69, 9.17) is 5.73 Å². The van der Waals surface area contributed by atoms with E-state index >= 15 is 0 Å². The summed E-state index contributed by atoms with van der Waals surface area (Å²) >= 11 is 0. The van der Waals surface area contributed by atoms with Gasteiger partial charge in [0.1, 0.15) is 16.8 Å². The summed E-state index contributed by atoms with van der Waals surface area (Å²) in [6.07, 6.45) is 0.239. The van der Waals surface area contributed by atoms with E-state index in [1.54, 1.807) is 0 Å². The molecule has 1 rings (SSSR count). The van der Waals surface area contributed by atoms with Crippen LogP contribution in [0.4, 0.5) is 10.1 Å². The van der Waals surface area contributed by atoms with E-state index in [1.807, 2.05) is 13.8 Å².